The van der Waals surface area contributed by atoms with Crippen LogP contribution in [0.3, 0.4) is 0 Å². The van der Waals surface area contributed by atoms with E-state index >= 15 is 0 Å². The van der Waals surface area contributed by atoms with Crippen molar-refractivity contribution in [3.63, 3.8) is 0 Å². The van der Waals surface area contributed by atoms with E-state index in [-0.39, 0.29) is 27.0 Å². The number of nitro groups is 1. The number of hydrogen-bond acceptors (Lipinski definition) is 5. The maximum Gasteiger partial charge on any atom is 0.278 e. The molecule has 0 heterocycles. The van der Waals surface area contributed by atoms with Gasteiger partial charge >= 0.3 is 0 Å². The minimum absolute atomic E-state index is 0.0860. The smallest absolute Gasteiger partial charge is 0.278 e. The van der Waals surface area contributed by atoms with Crippen molar-refractivity contribution >= 4 is 11.4 Å². The molecule has 0 aliphatic heterocycles. The first-order chi connectivity index (χ1) is 11.0. The molecule has 0 saturated heterocycles. The number of nitriles is 2. The van der Waals surface area contributed by atoms with Gasteiger partial charge in [-0.05, 0) is 35.8 Å². The van der Waals surface area contributed by atoms with Gasteiger partial charge < -0.3 is 5.32 Å². The molecule has 0 saturated carbocycles. The van der Waals surface area contributed by atoms with Gasteiger partial charge in [0, 0.05) is 17.5 Å². The first kappa shape index (κ1) is 17.5. The Kier molecular flexibility index (Phi) is 4.12. The zero-order chi connectivity index (χ0) is 18.3. The van der Waals surface area contributed by atoms with E-state index in [9.17, 15) is 10.1 Å². The molecule has 1 aliphatic carbocycles. The van der Waals surface area contributed by atoms with E-state index in [0.717, 1.165) is 17.5 Å². The lowest BCUT2D eigenvalue weighted by atomic mass is 9.81. The van der Waals surface area contributed by atoms with Crippen molar-refractivity contribution in [2.24, 2.45) is 0 Å². The average molecular weight is 324 g/mol. The van der Waals surface area contributed by atoms with Crippen LogP contribution in [0.1, 0.15) is 50.8 Å². The third-order valence-electron chi connectivity index (χ3n) is 4.64. The molecule has 2 rings (SSSR count). The molecule has 0 fully saturated rings. The molecule has 1 aromatic carbocycles. The predicted molar refractivity (Wildman–Crippen MR) is 91.4 cm³/mol. The lowest BCUT2D eigenvalue weighted by Gasteiger charge is -2.22. The molecule has 0 unspecified atom stereocenters. The Morgan fingerprint density at radius 2 is 1.88 bits per heavy atom. The first-order valence-corrected chi connectivity index (χ1v) is 7.65. The number of benzene rings is 1. The van der Waals surface area contributed by atoms with Gasteiger partial charge in [0.2, 0.25) is 0 Å². The van der Waals surface area contributed by atoms with Crippen LogP contribution in [0.5, 0.6) is 0 Å². The van der Waals surface area contributed by atoms with E-state index in [4.69, 9.17) is 10.5 Å². The zero-order valence-electron chi connectivity index (χ0n) is 14.5. The molecule has 1 N–H and O–H groups in total. The predicted octanol–water partition coefficient (Wildman–Crippen LogP) is 4.21. The van der Waals surface area contributed by atoms with Crippen LogP contribution in [0.25, 0.3) is 0 Å². The van der Waals surface area contributed by atoms with E-state index in [1.807, 2.05) is 19.9 Å². The molecule has 24 heavy (non-hydrogen) atoms. The monoisotopic (exact) mass is 324 g/mol. The second-order valence-corrected chi connectivity index (χ2v) is 7.45. The van der Waals surface area contributed by atoms with Crippen LogP contribution in [0.15, 0.2) is 17.8 Å². The van der Waals surface area contributed by atoms with E-state index < -0.39 is 0 Å². The van der Waals surface area contributed by atoms with Crippen LogP contribution in [-0.2, 0) is 10.8 Å². The summed E-state index contributed by atoms with van der Waals surface area (Å²) in [5.74, 6) is 0. The fourth-order valence-corrected chi connectivity index (χ4v) is 3.89. The van der Waals surface area contributed by atoms with Crippen LogP contribution in [-0.4, -0.2) is 4.92 Å². The quantitative estimate of drug-likeness (QED) is 0.510. The van der Waals surface area contributed by atoms with E-state index in [2.05, 4.69) is 19.2 Å². The van der Waals surface area contributed by atoms with Crippen LogP contribution >= 0.6 is 0 Å². The second-order valence-electron chi connectivity index (χ2n) is 7.45. The van der Waals surface area contributed by atoms with Crippen LogP contribution in [0.4, 0.5) is 11.4 Å². The average Bonchev–Trinajstić information content (AvgIpc) is 2.64. The van der Waals surface area contributed by atoms with Crippen molar-refractivity contribution < 1.29 is 4.92 Å². The van der Waals surface area contributed by atoms with Gasteiger partial charge in [0.15, 0.2) is 0 Å². The third-order valence-corrected chi connectivity index (χ3v) is 4.64. The summed E-state index contributed by atoms with van der Waals surface area (Å²) in [5, 5.41) is 32.3. The van der Waals surface area contributed by atoms with Crippen molar-refractivity contribution in [3.05, 3.63) is 44.6 Å². The van der Waals surface area contributed by atoms with Crippen molar-refractivity contribution in [2.45, 2.75) is 51.9 Å². The summed E-state index contributed by atoms with van der Waals surface area (Å²) in [7, 11) is 0. The number of nitro benzene ring substituents is 1. The van der Waals surface area contributed by atoms with E-state index in [1.54, 1.807) is 19.1 Å². The molecule has 0 radical (unpaired) electrons. The molecule has 0 spiro atoms. The summed E-state index contributed by atoms with van der Waals surface area (Å²) in [6.45, 7) is 9.91. The SMILES string of the molecule is Cc1c(NC=C(C#N)C#N)cc2c(c1[N+](=O)[O-])C(C)(C)CC2(C)C. The second kappa shape index (κ2) is 5.65. The number of nitrogens with one attached hydrogen (secondary N) is 1. The molecule has 0 amide bonds. The van der Waals surface area contributed by atoms with Crippen molar-refractivity contribution in [1.82, 2.24) is 0 Å². The highest BCUT2D eigenvalue weighted by Gasteiger charge is 2.47. The fraction of sp³-hybridized carbons (Fsp3) is 0.444. The van der Waals surface area contributed by atoms with Crippen molar-refractivity contribution in [2.75, 3.05) is 5.32 Å². The molecule has 6 heteroatoms. The summed E-state index contributed by atoms with van der Waals surface area (Å²) in [6, 6.07) is 5.44. The van der Waals surface area contributed by atoms with Crippen LogP contribution < -0.4 is 5.32 Å². The van der Waals surface area contributed by atoms with Gasteiger partial charge in [0.25, 0.3) is 5.69 Å². The van der Waals surface area contributed by atoms with Crippen molar-refractivity contribution in [1.29, 1.82) is 10.5 Å². The number of hydrogen-bond donors (Lipinski definition) is 1. The van der Waals surface area contributed by atoms with E-state index in [1.165, 1.54) is 6.20 Å². The highest BCUT2D eigenvalue weighted by molar-refractivity contribution is 5.71. The van der Waals surface area contributed by atoms with Gasteiger partial charge in [-0.15, -0.1) is 0 Å². The van der Waals surface area contributed by atoms with Crippen LogP contribution in [0.2, 0.25) is 0 Å². The first-order valence-electron chi connectivity index (χ1n) is 7.65. The minimum atomic E-state index is -0.332. The fourth-order valence-electron chi connectivity index (χ4n) is 3.89. The Labute approximate surface area is 141 Å². The van der Waals surface area contributed by atoms with Gasteiger partial charge in [-0.25, -0.2) is 0 Å². The highest BCUT2D eigenvalue weighted by Crippen LogP contribution is 2.54. The number of rotatable bonds is 3. The van der Waals surface area contributed by atoms with Gasteiger partial charge in [0.1, 0.15) is 17.7 Å². The molecular formula is C18H20N4O2. The normalized spacial score (nSPS) is 16.5. The standard InChI is InChI=1S/C18H20N4O2/c1-11-14(21-9-12(7-19)8-20)6-13-15(16(11)22(23)24)18(4,5)10-17(13,2)3/h6,9,21H,10H2,1-5H3. The maximum atomic E-state index is 11.7. The summed E-state index contributed by atoms with van der Waals surface area (Å²) in [6.07, 6.45) is 2.10. The largest absolute Gasteiger partial charge is 0.359 e. The number of allylic oxidation sites excluding steroid dienone is 1. The topological polar surface area (TPSA) is 103 Å². The number of nitrogens with zero attached hydrogens (tertiary/aromatic N) is 3. The lowest BCUT2D eigenvalue weighted by Crippen LogP contribution is -2.18. The number of fused-ring (bicyclic) bond motifs is 1. The van der Waals surface area contributed by atoms with Crippen LogP contribution in [0, 0.1) is 39.7 Å². The van der Waals surface area contributed by atoms with Gasteiger partial charge in [0.05, 0.1) is 10.5 Å². The van der Waals surface area contributed by atoms with Crippen molar-refractivity contribution in [3.8, 4) is 12.1 Å². The molecule has 0 bridgehead atoms. The molecule has 6 nitrogen and oxygen atoms in total. The molecule has 0 aromatic heterocycles. The summed E-state index contributed by atoms with van der Waals surface area (Å²) in [5.41, 5.74) is 2.34. The molecular weight excluding hydrogens is 304 g/mol. The lowest BCUT2D eigenvalue weighted by molar-refractivity contribution is -0.386. The van der Waals surface area contributed by atoms with Gasteiger partial charge in [-0.2, -0.15) is 10.5 Å². The Balaban J connectivity index is 2.74. The maximum absolute atomic E-state index is 11.7. The molecule has 1 aromatic rings. The Hall–Kier alpha value is -2.86. The summed E-state index contributed by atoms with van der Waals surface area (Å²) < 4.78 is 0. The Morgan fingerprint density at radius 3 is 2.38 bits per heavy atom. The summed E-state index contributed by atoms with van der Waals surface area (Å²) in [4.78, 5) is 11.4. The Bertz CT molecular complexity index is 820. The van der Waals surface area contributed by atoms with Gasteiger partial charge in [-0.1, -0.05) is 27.7 Å². The molecule has 0 atom stereocenters. The molecule has 1 aliphatic rings. The van der Waals surface area contributed by atoms with Gasteiger partial charge in [-0.3, -0.25) is 10.1 Å². The highest BCUT2D eigenvalue weighted by atomic mass is 16.6. The number of anilines is 1. The Morgan fingerprint density at radius 1 is 1.29 bits per heavy atom. The minimum Gasteiger partial charge on any atom is -0.359 e. The zero-order valence-corrected chi connectivity index (χ0v) is 14.5. The summed E-state index contributed by atoms with van der Waals surface area (Å²) >= 11 is 0. The van der Waals surface area contributed by atoms with E-state index in [0.29, 0.717) is 11.3 Å². The third kappa shape index (κ3) is 2.72. The molecule has 124 valence electrons.